The third kappa shape index (κ3) is 2.57. The summed E-state index contributed by atoms with van der Waals surface area (Å²) in [4.78, 5) is 21.3. The van der Waals surface area contributed by atoms with E-state index in [1.807, 2.05) is 0 Å². The lowest BCUT2D eigenvalue weighted by molar-refractivity contribution is -0.384. The predicted molar refractivity (Wildman–Crippen MR) is 61.8 cm³/mol. The van der Waals surface area contributed by atoms with E-state index in [0.717, 1.165) is 0 Å². The molecule has 1 rings (SSSR count). The van der Waals surface area contributed by atoms with Gasteiger partial charge in [0.15, 0.2) is 0 Å². The molecule has 86 valence electrons. The molecule has 0 saturated heterocycles. The molecule has 1 aromatic rings. The Kier molecular flexibility index (Phi) is 4.00. The van der Waals surface area contributed by atoms with E-state index in [4.69, 9.17) is 0 Å². The molecule has 0 aliphatic rings. The number of hydrogen-bond donors (Lipinski definition) is 0. The number of halogens is 1. The molecule has 0 amide bonds. The Morgan fingerprint density at radius 3 is 2.62 bits per heavy atom. The van der Waals surface area contributed by atoms with Gasteiger partial charge in [-0.2, -0.15) is 0 Å². The quantitative estimate of drug-likeness (QED) is 0.371. The summed E-state index contributed by atoms with van der Waals surface area (Å²) in [6.07, 6.45) is 0. The van der Waals surface area contributed by atoms with Gasteiger partial charge >= 0.3 is 5.97 Å². The molecule has 0 spiro atoms. The number of rotatable bonds is 3. The first-order valence-electron chi connectivity index (χ1n) is 4.48. The standard InChI is InChI=1S/C10H10BrNO4/c1-6(11)9-5-7(12(14)15)3-4-8(9)10(13)16-2/h3-6H,1-2H3. The van der Waals surface area contributed by atoms with Gasteiger partial charge in [-0.25, -0.2) is 4.79 Å². The van der Waals surface area contributed by atoms with Crippen LogP contribution < -0.4 is 0 Å². The number of methoxy groups -OCH3 is 1. The van der Waals surface area contributed by atoms with Crippen LogP contribution >= 0.6 is 15.9 Å². The van der Waals surface area contributed by atoms with Gasteiger partial charge in [0.1, 0.15) is 0 Å². The second-order valence-corrected chi connectivity index (χ2v) is 4.51. The first-order valence-corrected chi connectivity index (χ1v) is 5.39. The molecule has 0 bridgehead atoms. The lowest BCUT2D eigenvalue weighted by atomic mass is 10.0. The van der Waals surface area contributed by atoms with E-state index in [-0.39, 0.29) is 10.5 Å². The second-order valence-electron chi connectivity index (χ2n) is 3.14. The minimum absolute atomic E-state index is 0.0473. The van der Waals surface area contributed by atoms with E-state index >= 15 is 0 Å². The number of nitro groups is 1. The van der Waals surface area contributed by atoms with Gasteiger partial charge in [-0.15, -0.1) is 0 Å². The van der Waals surface area contributed by atoms with Crippen LogP contribution in [0.1, 0.15) is 27.7 Å². The Balaban J connectivity index is 3.30. The Labute approximate surface area is 101 Å². The summed E-state index contributed by atoms with van der Waals surface area (Å²) >= 11 is 3.28. The zero-order chi connectivity index (χ0) is 12.3. The molecule has 0 radical (unpaired) electrons. The lowest BCUT2D eigenvalue weighted by Gasteiger charge is -2.09. The Hall–Kier alpha value is -1.43. The first-order chi connectivity index (χ1) is 7.47. The van der Waals surface area contributed by atoms with Crippen molar-refractivity contribution >= 4 is 27.6 Å². The number of carbonyl (C=O) groups excluding carboxylic acids is 1. The van der Waals surface area contributed by atoms with Crippen molar-refractivity contribution in [2.45, 2.75) is 11.8 Å². The van der Waals surface area contributed by atoms with Crippen molar-refractivity contribution in [3.63, 3.8) is 0 Å². The first kappa shape index (κ1) is 12.6. The fourth-order valence-corrected chi connectivity index (χ4v) is 1.67. The Morgan fingerprint density at radius 2 is 2.19 bits per heavy atom. The highest BCUT2D eigenvalue weighted by Gasteiger charge is 2.18. The molecule has 16 heavy (non-hydrogen) atoms. The zero-order valence-electron chi connectivity index (χ0n) is 8.77. The topological polar surface area (TPSA) is 69.4 Å². The normalized spacial score (nSPS) is 11.9. The third-order valence-corrected chi connectivity index (χ3v) is 2.57. The van der Waals surface area contributed by atoms with Crippen LogP contribution in [-0.2, 0) is 4.74 Å². The van der Waals surface area contributed by atoms with E-state index < -0.39 is 10.9 Å². The fraction of sp³-hybridized carbons (Fsp3) is 0.300. The van der Waals surface area contributed by atoms with Crippen molar-refractivity contribution in [2.75, 3.05) is 7.11 Å². The average Bonchev–Trinajstić information content (AvgIpc) is 2.26. The number of non-ortho nitro benzene ring substituents is 1. The molecule has 1 aromatic carbocycles. The molecular formula is C10H10BrNO4. The smallest absolute Gasteiger partial charge is 0.338 e. The highest BCUT2D eigenvalue weighted by Crippen LogP contribution is 2.29. The van der Waals surface area contributed by atoms with E-state index in [9.17, 15) is 14.9 Å². The van der Waals surface area contributed by atoms with Gasteiger partial charge in [-0.3, -0.25) is 10.1 Å². The fourth-order valence-electron chi connectivity index (χ4n) is 1.29. The van der Waals surface area contributed by atoms with Crippen LogP contribution in [0.25, 0.3) is 0 Å². The summed E-state index contributed by atoms with van der Waals surface area (Å²) in [6, 6.07) is 4.05. The molecule has 0 fully saturated rings. The number of nitrogens with zero attached hydrogens (tertiary/aromatic N) is 1. The highest BCUT2D eigenvalue weighted by atomic mass is 79.9. The Bertz CT molecular complexity index is 431. The molecule has 0 aliphatic carbocycles. The molecule has 1 unspecified atom stereocenters. The van der Waals surface area contributed by atoms with Crippen molar-refractivity contribution in [3.05, 3.63) is 39.4 Å². The second kappa shape index (κ2) is 5.07. The molecule has 0 aromatic heterocycles. The molecular weight excluding hydrogens is 278 g/mol. The van der Waals surface area contributed by atoms with E-state index in [1.165, 1.54) is 25.3 Å². The minimum atomic E-state index is -0.504. The number of benzene rings is 1. The van der Waals surface area contributed by atoms with E-state index in [1.54, 1.807) is 6.92 Å². The third-order valence-electron chi connectivity index (χ3n) is 2.08. The summed E-state index contributed by atoms with van der Waals surface area (Å²) in [5, 5.41) is 10.6. The van der Waals surface area contributed by atoms with E-state index in [0.29, 0.717) is 11.1 Å². The largest absolute Gasteiger partial charge is 0.465 e. The molecule has 6 heteroatoms. The molecule has 0 saturated carbocycles. The Morgan fingerprint density at radius 1 is 1.56 bits per heavy atom. The molecule has 0 aliphatic heterocycles. The zero-order valence-corrected chi connectivity index (χ0v) is 10.4. The van der Waals surface area contributed by atoms with Crippen LogP contribution in [0.3, 0.4) is 0 Å². The van der Waals surface area contributed by atoms with Gasteiger partial charge in [0, 0.05) is 17.0 Å². The van der Waals surface area contributed by atoms with Crippen LogP contribution in [-0.4, -0.2) is 18.0 Å². The number of alkyl halides is 1. The van der Waals surface area contributed by atoms with Gasteiger partial charge in [0.2, 0.25) is 0 Å². The van der Waals surface area contributed by atoms with Crippen LogP contribution in [0, 0.1) is 10.1 Å². The maximum absolute atomic E-state index is 11.4. The van der Waals surface area contributed by atoms with E-state index in [2.05, 4.69) is 20.7 Å². The van der Waals surface area contributed by atoms with Gasteiger partial charge in [-0.1, -0.05) is 15.9 Å². The van der Waals surface area contributed by atoms with Crippen molar-refractivity contribution in [3.8, 4) is 0 Å². The summed E-state index contributed by atoms with van der Waals surface area (Å²) in [6.45, 7) is 1.78. The summed E-state index contributed by atoms with van der Waals surface area (Å²) in [7, 11) is 1.27. The monoisotopic (exact) mass is 287 g/mol. The predicted octanol–water partition coefficient (Wildman–Crippen LogP) is 2.84. The van der Waals surface area contributed by atoms with Crippen molar-refractivity contribution < 1.29 is 14.5 Å². The highest BCUT2D eigenvalue weighted by molar-refractivity contribution is 9.09. The van der Waals surface area contributed by atoms with Gasteiger partial charge < -0.3 is 4.74 Å². The maximum atomic E-state index is 11.4. The minimum Gasteiger partial charge on any atom is -0.465 e. The van der Waals surface area contributed by atoms with Crippen LogP contribution in [0.15, 0.2) is 18.2 Å². The molecule has 1 atom stereocenters. The SMILES string of the molecule is COC(=O)c1ccc([N+](=O)[O-])cc1C(C)Br. The maximum Gasteiger partial charge on any atom is 0.338 e. The number of hydrogen-bond acceptors (Lipinski definition) is 4. The summed E-state index contributed by atoms with van der Waals surface area (Å²) in [5.41, 5.74) is 0.826. The molecule has 5 nitrogen and oxygen atoms in total. The number of nitro benzene ring substituents is 1. The lowest BCUT2D eigenvalue weighted by Crippen LogP contribution is -2.06. The molecule has 0 heterocycles. The molecule has 0 N–H and O–H groups in total. The van der Waals surface area contributed by atoms with Crippen molar-refractivity contribution in [1.82, 2.24) is 0 Å². The van der Waals surface area contributed by atoms with Gasteiger partial charge in [-0.05, 0) is 18.6 Å². The summed E-state index contributed by atoms with van der Waals surface area (Å²) < 4.78 is 4.60. The van der Waals surface area contributed by atoms with Crippen LogP contribution in [0.4, 0.5) is 5.69 Å². The van der Waals surface area contributed by atoms with Gasteiger partial charge in [0.25, 0.3) is 5.69 Å². The van der Waals surface area contributed by atoms with Crippen LogP contribution in [0.2, 0.25) is 0 Å². The van der Waals surface area contributed by atoms with Crippen LogP contribution in [0.5, 0.6) is 0 Å². The van der Waals surface area contributed by atoms with Crippen molar-refractivity contribution in [1.29, 1.82) is 0 Å². The number of ether oxygens (including phenoxy) is 1. The van der Waals surface area contributed by atoms with Gasteiger partial charge in [0.05, 0.1) is 17.6 Å². The summed E-state index contributed by atoms with van der Waals surface area (Å²) in [5.74, 6) is -0.504. The number of carbonyl (C=O) groups is 1. The number of esters is 1. The average molecular weight is 288 g/mol. The van der Waals surface area contributed by atoms with Crippen molar-refractivity contribution in [2.24, 2.45) is 0 Å².